The van der Waals surface area contributed by atoms with Crippen molar-refractivity contribution in [3.05, 3.63) is 71.8 Å². The quantitative estimate of drug-likeness (QED) is 0.453. The number of hydrogen-bond acceptors (Lipinski definition) is 3. The second kappa shape index (κ2) is 9.85. The van der Waals surface area contributed by atoms with Gasteiger partial charge in [-0.3, -0.25) is 4.79 Å². The summed E-state index contributed by atoms with van der Waals surface area (Å²) in [5, 5.41) is 13.6. The summed E-state index contributed by atoms with van der Waals surface area (Å²) in [6, 6.07) is 14.8. The van der Waals surface area contributed by atoms with E-state index in [2.05, 4.69) is 5.32 Å². The van der Waals surface area contributed by atoms with Gasteiger partial charge < -0.3 is 20.1 Å². The first-order valence-corrected chi connectivity index (χ1v) is 11.3. The van der Waals surface area contributed by atoms with Gasteiger partial charge in [-0.2, -0.15) is 13.2 Å². The largest absolute Gasteiger partial charge is 0.465 e. The van der Waals surface area contributed by atoms with Crippen LogP contribution in [0, 0.1) is 5.92 Å². The number of likely N-dealkylation sites (tertiary alicyclic amines) is 1. The number of carbonyl (C=O) groups excluding carboxylic acids is 1. The molecule has 0 aromatic heterocycles. The molecule has 3 aromatic carbocycles. The molecule has 0 radical (unpaired) electrons. The summed E-state index contributed by atoms with van der Waals surface area (Å²) in [6.45, 7) is 2.84. The molecule has 1 heterocycles. The molecule has 1 saturated heterocycles. The van der Waals surface area contributed by atoms with Gasteiger partial charge >= 0.3 is 12.3 Å². The Balaban J connectivity index is 1.44. The molecule has 184 valence electrons. The van der Waals surface area contributed by atoms with Crippen LogP contribution in [0.3, 0.4) is 0 Å². The number of benzene rings is 3. The number of amides is 2. The maximum Gasteiger partial charge on any atom is 0.416 e. The number of halogens is 3. The number of rotatable bonds is 5. The van der Waals surface area contributed by atoms with Gasteiger partial charge in [0.25, 0.3) is 5.91 Å². The zero-order chi connectivity index (χ0) is 25.2. The van der Waals surface area contributed by atoms with E-state index < -0.39 is 17.8 Å². The molecule has 0 unspecified atom stereocenters. The van der Waals surface area contributed by atoms with Crippen molar-refractivity contribution < 1.29 is 32.6 Å². The van der Waals surface area contributed by atoms with Crippen LogP contribution < -0.4 is 10.1 Å². The molecule has 2 amide bonds. The molecular weight excluding hydrogens is 461 g/mol. The van der Waals surface area contributed by atoms with E-state index in [4.69, 9.17) is 9.84 Å². The van der Waals surface area contributed by atoms with Crippen molar-refractivity contribution in [1.82, 2.24) is 10.2 Å². The van der Waals surface area contributed by atoms with Crippen molar-refractivity contribution >= 4 is 22.8 Å². The topological polar surface area (TPSA) is 78.9 Å². The Morgan fingerprint density at radius 1 is 1.06 bits per heavy atom. The van der Waals surface area contributed by atoms with Gasteiger partial charge in [0, 0.05) is 30.1 Å². The molecule has 9 heteroatoms. The molecule has 0 spiro atoms. The van der Waals surface area contributed by atoms with Crippen molar-refractivity contribution in [1.29, 1.82) is 0 Å². The Bertz CT molecular complexity index is 1220. The first kappa shape index (κ1) is 24.4. The van der Waals surface area contributed by atoms with E-state index in [1.54, 1.807) is 30.3 Å². The van der Waals surface area contributed by atoms with E-state index in [9.17, 15) is 22.8 Å². The molecule has 2 N–H and O–H groups in total. The Kier molecular flexibility index (Phi) is 6.86. The molecule has 0 aliphatic carbocycles. The van der Waals surface area contributed by atoms with Crippen LogP contribution in [0.1, 0.15) is 35.7 Å². The summed E-state index contributed by atoms with van der Waals surface area (Å²) in [7, 11) is 0. The van der Waals surface area contributed by atoms with Gasteiger partial charge in [-0.25, -0.2) is 4.79 Å². The lowest BCUT2D eigenvalue weighted by molar-refractivity contribution is -0.137. The fourth-order valence-corrected chi connectivity index (χ4v) is 4.32. The average molecular weight is 486 g/mol. The monoisotopic (exact) mass is 486 g/mol. The minimum atomic E-state index is -4.41. The molecule has 4 rings (SSSR count). The normalized spacial score (nSPS) is 15.6. The average Bonchev–Trinajstić information content (AvgIpc) is 2.83. The van der Waals surface area contributed by atoms with Crippen molar-refractivity contribution in [2.75, 3.05) is 13.1 Å². The SMILES string of the molecule is C[C@@H](NC(=O)c1ccc2c(Oc3ccc(C(F)(F)F)cc3)cccc2c1)C1CCN(C(=O)O)CC1. The predicted octanol–water partition coefficient (Wildman–Crippen LogP) is 6.16. The van der Waals surface area contributed by atoms with Crippen LogP contribution in [0.4, 0.5) is 18.0 Å². The third-order valence-electron chi connectivity index (χ3n) is 6.39. The number of carboxylic acid groups (broad SMARTS) is 1. The number of piperidine rings is 1. The second-order valence-corrected chi connectivity index (χ2v) is 8.69. The first-order valence-electron chi connectivity index (χ1n) is 11.3. The number of nitrogens with zero attached hydrogens (tertiary/aromatic N) is 1. The number of carbonyl (C=O) groups is 2. The highest BCUT2D eigenvalue weighted by atomic mass is 19.4. The maximum atomic E-state index is 12.9. The molecule has 6 nitrogen and oxygen atoms in total. The molecule has 1 aliphatic heterocycles. The van der Waals surface area contributed by atoms with Crippen LogP contribution in [-0.4, -0.2) is 41.1 Å². The van der Waals surface area contributed by atoms with Gasteiger partial charge in [0.2, 0.25) is 0 Å². The van der Waals surface area contributed by atoms with Crippen LogP contribution in [0.25, 0.3) is 10.8 Å². The lowest BCUT2D eigenvalue weighted by atomic mass is 9.90. The lowest BCUT2D eigenvalue weighted by Crippen LogP contribution is -2.45. The van der Waals surface area contributed by atoms with E-state index in [-0.39, 0.29) is 23.6 Å². The van der Waals surface area contributed by atoms with Gasteiger partial charge in [0.1, 0.15) is 11.5 Å². The fraction of sp³-hybridized carbons (Fsp3) is 0.308. The van der Waals surface area contributed by atoms with E-state index in [1.165, 1.54) is 17.0 Å². The summed E-state index contributed by atoms with van der Waals surface area (Å²) < 4.78 is 44.2. The molecule has 3 aromatic rings. The van der Waals surface area contributed by atoms with E-state index in [0.717, 1.165) is 22.9 Å². The molecule has 1 aliphatic rings. The Morgan fingerprint density at radius 2 is 1.74 bits per heavy atom. The number of hydrogen-bond donors (Lipinski definition) is 2. The second-order valence-electron chi connectivity index (χ2n) is 8.69. The van der Waals surface area contributed by atoms with Crippen LogP contribution in [0.5, 0.6) is 11.5 Å². The zero-order valence-electron chi connectivity index (χ0n) is 19.0. The zero-order valence-corrected chi connectivity index (χ0v) is 19.0. The van der Waals surface area contributed by atoms with Gasteiger partial charge in [-0.15, -0.1) is 0 Å². The maximum absolute atomic E-state index is 12.9. The minimum absolute atomic E-state index is 0.108. The highest BCUT2D eigenvalue weighted by Gasteiger charge is 2.30. The summed E-state index contributed by atoms with van der Waals surface area (Å²) in [4.78, 5) is 25.3. The number of alkyl halides is 3. The van der Waals surface area contributed by atoms with Crippen molar-refractivity contribution in [3.63, 3.8) is 0 Å². The molecule has 35 heavy (non-hydrogen) atoms. The highest BCUT2D eigenvalue weighted by molar-refractivity contribution is 6.00. The Morgan fingerprint density at radius 3 is 2.37 bits per heavy atom. The van der Waals surface area contributed by atoms with Crippen molar-refractivity contribution in [2.24, 2.45) is 5.92 Å². The Hall–Kier alpha value is -3.75. The standard InChI is InChI=1S/C26H25F3N2O4/c1-16(17-11-13-31(14-12-17)25(33)34)30-24(32)19-5-10-22-18(15-19)3-2-4-23(22)35-21-8-6-20(7-9-21)26(27,28)29/h2-10,15-17H,11-14H2,1H3,(H,30,32)(H,33,34)/t16-/m1/s1. The third kappa shape index (κ3) is 5.67. The Labute approximate surface area is 200 Å². The smallest absolute Gasteiger partial charge is 0.416 e. The molecule has 1 atom stereocenters. The summed E-state index contributed by atoms with van der Waals surface area (Å²) in [5.74, 6) is 0.704. The van der Waals surface area contributed by atoms with Gasteiger partial charge in [-0.1, -0.05) is 12.1 Å². The van der Waals surface area contributed by atoms with E-state index >= 15 is 0 Å². The van der Waals surface area contributed by atoms with Crippen LogP contribution in [0.2, 0.25) is 0 Å². The lowest BCUT2D eigenvalue weighted by Gasteiger charge is -2.33. The van der Waals surface area contributed by atoms with E-state index in [1.807, 2.05) is 13.0 Å². The summed E-state index contributed by atoms with van der Waals surface area (Å²) in [5.41, 5.74) is -0.279. The number of ether oxygens (including phenoxy) is 1. The van der Waals surface area contributed by atoms with Crippen molar-refractivity contribution in [2.45, 2.75) is 32.0 Å². The van der Waals surface area contributed by atoms with Gasteiger partial charge in [0.05, 0.1) is 5.56 Å². The van der Waals surface area contributed by atoms with E-state index in [0.29, 0.717) is 37.2 Å². The predicted molar refractivity (Wildman–Crippen MR) is 125 cm³/mol. The van der Waals surface area contributed by atoms with Gasteiger partial charge in [0.15, 0.2) is 0 Å². The summed E-state index contributed by atoms with van der Waals surface area (Å²) >= 11 is 0. The summed E-state index contributed by atoms with van der Waals surface area (Å²) in [6.07, 6.45) is -3.95. The number of nitrogens with one attached hydrogen (secondary N) is 1. The third-order valence-corrected chi connectivity index (χ3v) is 6.39. The molecular formula is C26H25F3N2O4. The van der Waals surface area contributed by atoms with Crippen LogP contribution >= 0.6 is 0 Å². The van der Waals surface area contributed by atoms with Crippen LogP contribution in [0.15, 0.2) is 60.7 Å². The number of fused-ring (bicyclic) bond motifs is 1. The molecule has 0 saturated carbocycles. The van der Waals surface area contributed by atoms with Crippen LogP contribution in [-0.2, 0) is 6.18 Å². The van der Waals surface area contributed by atoms with Gasteiger partial charge in [-0.05, 0) is 79.6 Å². The highest BCUT2D eigenvalue weighted by Crippen LogP contribution is 2.34. The fourth-order valence-electron chi connectivity index (χ4n) is 4.32. The minimum Gasteiger partial charge on any atom is -0.465 e. The first-order chi connectivity index (χ1) is 16.6. The van der Waals surface area contributed by atoms with Crippen molar-refractivity contribution in [3.8, 4) is 11.5 Å². The molecule has 0 bridgehead atoms. The molecule has 1 fully saturated rings.